The fraction of sp³-hybridized carbons (Fsp3) is 0.160. The average Bonchev–Trinajstić information content (AvgIpc) is 3.16. The van der Waals surface area contributed by atoms with E-state index < -0.39 is 36.4 Å². The zero-order chi connectivity index (χ0) is 24.2. The number of aliphatic carboxylic acids is 1. The van der Waals surface area contributed by atoms with E-state index in [0.29, 0.717) is 0 Å². The number of aliphatic hydroxyl groups is 1. The molecule has 4 rings (SSSR count). The number of amides is 2. The lowest BCUT2D eigenvalue weighted by molar-refractivity contribution is -0.146. The standard InChI is InChI=1S/C25H21FN2O6/c26-20-11-14(23(30)27-12-22(29)24(31)32)9-10-21(20)28-25(33)34-13-19-17-7-3-1-5-15(17)16-6-2-4-8-18(16)19/h1-11,19,22,29H,12-13H2,(H,27,30)(H,28,33)(H,31,32). The summed E-state index contributed by atoms with van der Waals surface area (Å²) in [7, 11) is 0. The van der Waals surface area contributed by atoms with Gasteiger partial charge in [0.05, 0.1) is 12.2 Å². The maximum Gasteiger partial charge on any atom is 0.411 e. The summed E-state index contributed by atoms with van der Waals surface area (Å²) >= 11 is 0. The molecule has 8 nitrogen and oxygen atoms in total. The van der Waals surface area contributed by atoms with Crippen molar-refractivity contribution in [1.82, 2.24) is 5.32 Å². The largest absolute Gasteiger partial charge is 0.479 e. The Morgan fingerprint density at radius 3 is 2.18 bits per heavy atom. The molecule has 0 aliphatic heterocycles. The van der Waals surface area contributed by atoms with Gasteiger partial charge in [-0.3, -0.25) is 10.1 Å². The van der Waals surface area contributed by atoms with Gasteiger partial charge in [0.25, 0.3) is 5.91 Å². The first-order valence-corrected chi connectivity index (χ1v) is 10.5. The van der Waals surface area contributed by atoms with Gasteiger partial charge in [-0.1, -0.05) is 48.5 Å². The highest BCUT2D eigenvalue weighted by Gasteiger charge is 2.29. The van der Waals surface area contributed by atoms with Crippen LogP contribution in [0.15, 0.2) is 66.7 Å². The van der Waals surface area contributed by atoms with Crippen molar-refractivity contribution in [2.45, 2.75) is 12.0 Å². The predicted octanol–water partition coefficient (Wildman–Crippen LogP) is 3.36. The van der Waals surface area contributed by atoms with E-state index in [2.05, 4.69) is 10.6 Å². The van der Waals surface area contributed by atoms with Crippen molar-refractivity contribution in [2.24, 2.45) is 0 Å². The van der Waals surface area contributed by atoms with E-state index in [1.165, 1.54) is 12.1 Å². The van der Waals surface area contributed by atoms with E-state index in [9.17, 15) is 23.9 Å². The van der Waals surface area contributed by atoms with Crippen molar-refractivity contribution in [3.63, 3.8) is 0 Å². The Morgan fingerprint density at radius 2 is 1.59 bits per heavy atom. The number of halogens is 1. The number of nitrogens with one attached hydrogen (secondary N) is 2. The van der Waals surface area contributed by atoms with E-state index in [0.717, 1.165) is 28.3 Å². The van der Waals surface area contributed by atoms with Crippen molar-refractivity contribution >= 4 is 23.7 Å². The fourth-order valence-corrected chi connectivity index (χ4v) is 3.88. The molecule has 0 bridgehead atoms. The summed E-state index contributed by atoms with van der Waals surface area (Å²) in [6.07, 6.45) is -2.62. The molecule has 34 heavy (non-hydrogen) atoms. The summed E-state index contributed by atoms with van der Waals surface area (Å²) < 4.78 is 19.8. The molecule has 1 atom stereocenters. The van der Waals surface area contributed by atoms with Gasteiger partial charge in [0.2, 0.25) is 0 Å². The van der Waals surface area contributed by atoms with Crippen molar-refractivity contribution in [1.29, 1.82) is 0 Å². The van der Waals surface area contributed by atoms with E-state index in [1.807, 2.05) is 48.5 Å². The van der Waals surface area contributed by atoms with Crippen LogP contribution < -0.4 is 10.6 Å². The van der Waals surface area contributed by atoms with Crippen LogP contribution in [0.4, 0.5) is 14.9 Å². The minimum absolute atomic E-state index is 0.0634. The summed E-state index contributed by atoms with van der Waals surface area (Å²) in [5, 5.41) is 22.3. The van der Waals surface area contributed by atoms with Gasteiger partial charge in [0, 0.05) is 11.5 Å². The summed E-state index contributed by atoms with van der Waals surface area (Å²) in [5.41, 5.74) is 3.98. The molecular weight excluding hydrogens is 443 g/mol. The highest BCUT2D eigenvalue weighted by atomic mass is 19.1. The van der Waals surface area contributed by atoms with Crippen LogP contribution >= 0.6 is 0 Å². The van der Waals surface area contributed by atoms with Crippen molar-refractivity contribution in [3.8, 4) is 11.1 Å². The predicted molar refractivity (Wildman–Crippen MR) is 121 cm³/mol. The van der Waals surface area contributed by atoms with Crippen LogP contribution in [0.5, 0.6) is 0 Å². The Kier molecular flexibility index (Phi) is 6.55. The van der Waals surface area contributed by atoms with Crippen molar-refractivity contribution in [2.75, 3.05) is 18.5 Å². The first kappa shape index (κ1) is 22.9. The van der Waals surface area contributed by atoms with E-state index in [-0.39, 0.29) is 23.8 Å². The molecule has 1 unspecified atom stereocenters. The number of hydrogen-bond acceptors (Lipinski definition) is 5. The molecule has 3 aromatic carbocycles. The molecule has 0 saturated carbocycles. The number of ether oxygens (including phenoxy) is 1. The van der Waals surface area contributed by atoms with Crippen LogP contribution in [-0.4, -0.2) is 47.4 Å². The first-order valence-electron chi connectivity index (χ1n) is 10.5. The van der Waals surface area contributed by atoms with E-state index in [1.54, 1.807) is 0 Å². The van der Waals surface area contributed by atoms with Gasteiger partial charge >= 0.3 is 12.1 Å². The van der Waals surface area contributed by atoms with Gasteiger partial charge in [-0.15, -0.1) is 0 Å². The number of hydrogen-bond donors (Lipinski definition) is 4. The Bertz CT molecular complexity index is 1220. The molecule has 4 N–H and O–H groups in total. The van der Waals surface area contributed by atoms with Crippen LogP contribution in [-0.2, 0) is 9.53 Å². The van der Waals surface area contributed by atoms with Gasteiger partial charge in [0.15, 0.2) is 6.10 Å². The Hall–Kier alpha value is -4.24. The number of carbonyl (C=O) groups excluding carboxylic acids is 2. The molecule has 1 aliphatic carbocycles. The second kappa shape index (κ2) is 9.72. The Labute approximate surface area is 194 Å². The molecule has 0 spiro atoms. The van der Waals surface area contributed by atoms with Gasteiger partial charge in [-0.25, -0.2) is 14.0 Å². The number of carboxylic acid groups (broad SMARTS) is 1. The minimum atomic E-state index is -1.77. The SMILES string of the molecule is O=C(Nc1ccc(C(=O)NCC(O)C(=O)O)cc1F)OCC1c2ccccc2-c2ccccc21. The molecule has 2 amide bonds. The molecule has 174 valence electrons. The summed E-state index contributed by atoms with van der Waals surface area (Å²) in [4.78, 5) is 35.0. The average molecular weight is 464 g/mol. The maximum atomic E-state index is 14.4. The maximum absolute atomic E-state index is 14.4. The fourth-order valence-electron chi connectivity index (χ4n) is 3.88. The summed E-state index contributed by atoms with van der Waals surface area (Å²) in [6, 6.07) is 19.1. The lowest BCUT2D eigenvalue weighted by atomic mass is 9.98. The molecule has 0 saturated heterocycles. The third-order valence-corrected chi connectivity index (χ3v) is 5.55. The van der Waals surface area contributed by atoms with Crippen LogP contribution in [0.1, 0.15) is 27.4 Å². The normalized spacial score (nSPS) is 12.9. The number of aliphatic hydroxyl groups excluding tert-OH is 1. The number of benzene rings is 3. The monoisotopic (exact) mass is 464 g/mol. The van der Waals surface area contributed by atoms with Gasteiger partial charge in [0.1, 0.15) is 12.4 Å². The van der Waals surface area contributed by atoms with Crippen molar-refractivity contribution < 1.29 is 33.7 Å². The smallest absolute Gasteiger partial charge is 0.411 e. The highest BCUT2D eigenvalue weighted by Crippen LogP contribution is 2.44. The number of rotatable bonds is 7. The first-order chi connectivity index (χ1) is 16.3. The van der Waals surface area contributed by atoms with Crippen LogP contribution in [0.3, 0.4) is 0 Å². The lowest BCUT2D eigenvalue weighted by Gasteiger charge is -2.15. The molecular formula is C25H21FN2O6. The number of fused-ring (bicyclic) bond motifs is 3. The van der Waals surface area contributed by atoms with Gasteiger partial charge in [-0.2, -0.15) is 0 Å². The number of anilines is 1. The zero-order valence-electron chi connectivity index (χ0n) is 17.8. The third-order valence-electron chi connectivity index (χ3n) is 5.55. The van der Waals surface area contributed by atoms with Crippen LogP contribution in [0, 0.1) is 5.82 Å². The Morgan fingerprint density at radius 1 is 0.971 bits per heavy atom. The second-order valence-electron chi connectivity index (χ2n) is 7.71. The number of carboxylic acids is 1. The van der Waals surface area contributed by atoms with E-state index >= 15 is 0 Å². The highest BCUT2D eigenvalue weighted by molar-refractivity contribution is 5.95. The molecule has 3 aromatic rings. The molecule has 9 heteroatoms. The van der Waals surface area contributed by atoms with Crippen LogP contribution in [0.25, 0.3) is 11.1 Å². The zero-order valence-corrected chi connectivity index (χ0v) is 17.8. The summed E-state index contributed by atoms with van der Waals surface area (Å²) in [6.45, 7) is -0.469. The molecule has 0 radical (unpaired) electrons. The third kappa shape index (κ3) is 4.74. The quantitative estimate of drug-likeness (QED) is 0.425. The number of carbonyl (C=O) groups is 3. The van der Waals surface area contributed by atoms with Crippen LogP contribution in [0.2, 0.25) is 0 Å². The molecule has 1 aliphatic rings. The topological polar surface area (TPSA) is 125 Å². The second-order valence-corrected chi connectivity index (χ2v) is 7.71. The Balaban J connectivity index is 1.37. The lowest BCUT2D eigenvalue weighted by Crippen LogP contribution is -2.36. The summed E-state index contributed by atoms with van der Waals surface area (Å²) in [5.74, 6) is -3.28. The van der Waals surface area contributed by atoms with Gasteiger partial charge < -0.3 is 20.3 Å². The molecule has 0 fully saturated rings. The molecule has 0 aromatic heterocycles. The minimum Gasteiger partial charge on any atom is -0.479 e. The van der Waals surface area contributed by atoms with Crippen molar-refractivity contribution in [3.05, 3.63) is 89.2 Å². The van der Waals surface area contributed by atoms with E-state index in [4.69, 9.17) is 9.84 Å². The van der Waals surface area contributed by atoms with Gasteiger partial charge in [-0.05, 0) is 40.5 Å². The molecule has 0 heterocycles.